The van der Waals surface area contributed by atoms with Gasteiger partial charge in [0.05, 0.1) is 24.7 Å². The van der Waals surface area contributed by atoms with Gasteiger partial charge in [-0.3, -0.25) is 0 Å². The third-order valence-corrected chi connectivity index (χ3v) is 7.26. The number of hydrogen-bond acceptors (Lipinski definition) is 7. The van der Waals surface area contributed by atoms with E-state index in [1.165, 1.54) is 12.8 Å². The molecule has 188 valence electrons. The molecular formula is C27H37FN6O. The maximum absolute atomic E-state index is 14.0. The Hall–Kier alpha value is -2.63. The van der Waals surface area contributed by atoms with E-state index in [9.17, 15) is 4.39 Å². The Labute approximate surface area is 208 Å². The molecule has 3 aliphatic rings. The molecular weight excluding hydrogens is 443 g/mol. The molecule has 3 fully saturated rings. The molecule has 7 nitrogen and oxygen atoms in total. The number of nitrogens with zero attached hydrogens (tertiary/aromatic N) is 5. The highest BCUT2D eigenvalue weighted by Gasteiger charge is 2.32. The number of aromatic nitrogens is 2. The van der Waals surface area contributed by atoms with Crippen molar-refractivity contribution in [3.05, 3.63) is 17.7 Å². The normalized spacial score (nSPS) is 21.4. The lowest BCUT2D eigenvalue weighted by Crippen LogP contribution is -2.40. The van der Waals surface area contributed by atoms with Crippen LogP contribution in [0.2, 0.25) is 0 Å². The van der Waals surface area contributed by atoms with Crippen LogP contribution in [0.4, 0.5) is 16.2 Å². The first-order valence-electron chi connectivity index (χ1n) is 12.9. The predicted molar refractivity (Wildman–Crippen MR) is 139 cm³/mol. The number of anilines is 2. The van der Waals surface area contributed by atoms with Gasteiger partial charge in [-0.15, -0.1) is 0 Å². The lowest BCUT2D eigenvalue weighted by Gasteiger charge is -2.33. The molecule has 2 saturated heterocycles. The van der Waals surface area contributed by atoms with Crippen LogP contribution < -0.4 is 15.0 Å². The second-order valence-electron chi connectivity index (χ2n) is 10.3. The average Bonchev–Trinajstić information content (AvgIpc) is 3.61. The number of methoxy groups -OCH3 is 1. The second-order valence-corrected chi connectivity index (χ2v) is 10.3. The number of rotatable bonds is 7. The molecule has 2 aromatic rings. The Kier molecular flexibility index (Phi) is 7.26. The van der Waals surface area contributed by atoms with Crippen LogP contribution in [0.25, 0.3) is 10.9 Å². The van der Waals surface area contributed by atoms with Crippen molar-refractivity contribution in [1.82, 2.24) is 19.8 Å². The molecule has 1 N–H and O–H groups in total. The molecule has 1 aromatic carbocycles. The van der Waals surface area contributed by atoms with Gasteiger partial charge in [0, 0.05) is 50.1 Å². The number of hydrogen-bond donors (Lipinski definition) is 1. The highest BCUT2D eigenvalue weighted by molar-refractivity contribution is 5.93. The quantitative estimate of drug-likeness (QED) is 0.609. The Morgan fingerprint density at radius 2 is 1.91 bits per heavy atom. The third-order valence-electron chi connectivity index (χ3n) is 7.26. The van der Waals surface area contributed by atoms with E-state index in [1.807, 2.05) is 31.1 Å². The molecule has 0 spiro atoms. The summed E-state index contributed by atoms with van der Waals surface area (Å²) >= 11 is 0. The smallest absolute Gasteiger partial charge is 0.227 e. The van der Waals surface area contributed by atoms with E-state index in [4.69, 9.17) is 14.7 Å². The van der Waals surface area contributed by atoms with E-state index in [1.54, 1.807) is 7.11 Å². The van der Waals surface area contributed by atoms with E-state index in [2.05, 4.69) is 27.0 Å². The lowest BCUT2D eigenvalue weighted by atomic mass is 10.0. The van der Waals surface area contributed by atoms with Crippen molar-refractivity contribution in [1.29, 1.82) is 0 Å². The van der Waals surface area contributed by atoms with Crippen LogP contribution in [0, 0.1) is 11.8 Å². The molecule has 35 heavy (non-hydrogen) atoms. The van der Waals surface area contributed by atoms with Crippen molar-refractivity contribution >= 4 is 22.7 Å². The Bertz CT molecular complexity index is 1100. The Morgan fingerprint density at radius 3 is 2.57 bits per heavy atom. The summed E-state index contributed by atoms with van der Waals surface area (Å²) in [4.78, 5) is 16.5. The van der Waals surface area contributed by atoms with Crippen LogP contribution >= 0.6 is 0 Å². The first-order valence-corrected chi connectivity index (χ1v) is 12.9. The minimum Gasteiger partial charge on any atom is -0.495 e. The summed E-state index contributed by atoms with van der Waals surface area (Å²) in [5, 5.41) is 4.64. The second kappa shape index (κ2) is 10.5. The molecule has 0 radical (unpaired) electrons. The number of piperidine rings is 1. The minimum atomic E-state index is -0.827. The highest BCUT2D eigenvalue weighted by Crippen LogP contribution is 2.34. The van der Waals surface area contributed by atoms with E-state index in [0.717, 1.165) is 73.0 Å². The fourth-order valence-electron chi connectivity index (χ4n) is 5.04. The van der Waals surface area contributed by atoms with Gasteiger partial charge in [0.25, 0.3) is 0 Å². The van der Waals surface area contributed by atoms with Crippen molar-refractivity contribution in [2.75, 3.05) is 64.1 Å². The number of benzene rings is 1. The molecule has 1 atom stereocenters. The van der Waals surface area contributed by atoms with Gasteiger partial charge in [-0.05, 0) is 58.3 Å². The Morgan fingerprint density at radius 1 is 1.11 bits per heavy atom. The summed E-state index contributed by atoms with van der Waals surface area (Å²) in [6.07, 6.45) is 5.37. The molecule has 1 aliphatic carbocycles. The van der Waals surface area contributed by atoms with Gasteiger partial charge in [0.1, 0.15) is 17.7 Å². The van der Waals surface area contributed by atoms with Crippen LogP contribution in [-0.2, 0) is 0 Å². The third kappa shape index (κ3) is 5.79. The fraction of sp³-hybridized carbons (Fsp3) is 0.630. The Balaban J connectivity index is 1.45. The molecule has 1 aromatic heterocycles. The lowest BCUT2D eigenvalue weighted by molar-refractivity contribution is 0.210. The number of ether oxygens (including phenoxy) is 1. The molecule has 2 aliphatic heterocycles. The van der Waals surface area contributed by atoms with Crippen molar-refractivity contribution in [3.63, 3.8) is 0 Å². The van der Waals surface area contributed by atoms with Crippen LogP contribution in [0.3, 0.4) is 0 Å². The molecule has 3 heterocycles. The van der Waals surface area contributed by atoms with E-state index >= 15 is 0 Å². The van der Waals surface area contributed by atoms with Crippen molar-refractivity contribution < 1.29 is 9.13 Å². The summed E-state index contributed by atoms with van der Waals surface area (Å²) in [7, 11) is 5.76. The zero-order chi connectivity index (χ0) is 24.4. The molecule has 0 bridgehead atoms. The molecule has 0 unspecified atom stereocenters. The molecule has 1 saturated carbocycles. The number of alkyl halides is 1. The first-order chi connectivity index (χ1) is 17.0. The van der Waals surface area contributed by atoms with Gasteiger partial charge in [-0.1, -0.05) is 11.8 Å². The zero-order valence-electron chi connectivity index (χ0n) is 21.2. The topological polar surface area (TPSA) is 56.8 Å². The van der Waals surface area contributed by atoms with Crippen LogP contribution in [0.15, 0.2) is 12.1 Å². The monoisotopic (exact) mass is 480 g/mol. The number of halogens is 1. The SMILES string of the molecule is COc1cc2c(NC3CCN(C4CC4)CC3)nc(N3CC[C@@H](F)C3)nc2cc1C#CCCN(C)C. The average molecular weight is 481 g/mol. The molecule has 5 rings (SSSR count). The summed E-state index contributed by atoms with van der Waals surface area (Å²) in [6.45, 7) is 4.15. The van der Waals surface area contributed by atoms with E-state index in [0.29, 0.717) is 31.5 Å². The van der Waals surface area contributed by atoms with Gasteiger partial charge < -0.3 is 24.8 Å². The number of likely N-dealkylation sites (tertiary alicyclic amines) is 1. The summed E-state index contributed by atoms with van der Waals surface area (Å²) in [5.74, 6) is 8.64. The predicted octanol–water partition coefficient (Wildman–Crippen LogP) is 3.53. The maximum Gasteiger partial charge on any atom is 0.227 e. The van der Waals surface area contributed by atoms with Gasteiger partial charge in [0.2, 0.25) is 5.95 Å². The van der Waals surface area contributed by atoms with Gasteiger partial charge in [0.15, 0.2) is 0 Å². The minimum absolute atomic E-state index is 0.345. The van der Waals surface area contributed by atoms with Crippen molar-refractivity contribution in [3.8, 4) is 17.6 Å². The maximum atomic E-state index is 14.0. The van der Waals surface area contributed by atoms with Crippen LogP contribution in [0.1, 0.15) is 44.1 Å². The van der Waals surface area contributed by atoms with Crippen LogP contribution in [0.5, 0.6) is 5.75 Å². The molecule has 0 amide bonds. The van der Waals surface area contributed by atoms with Crippen molar-refractivity contribution in [2.45, 2.75) is 56.8 Å². The summed E-state index contributed by atoms with van der Waals surface area (Å²) < 4.78 is 19.7. The van der Waals surface area contributed by atoms with Gasteiger partial charge in [-0.2, -0.15) is 4.98 Å². The first kappa shape index (κ1) is 24.1. The molecule has 8 heteroatoms. The van der Waals surface area contributed by atoms with Gasteiger partial charge in [-0.25, -0.2) is 9.37 Å². The van der Waals surface area contributed by atoms with Crippen molar-refractivity contribution in [2.24, 2.45) is 0 Å². The van der Waals surface area contributed by atoms with E-state index in [-0.39, 0.29) is 0 Å². The van der Waals surface area contributed by atoms with E-state index < -0.39 is 6.17 Å². The fourth-order valence-corrected chi connectivity index (χ4v) is 5.04. The summed E-state index contributed by atoms with van der Waals surface area (Å²) in [6, 6.07) is 5.16. The largest absolute Gasteiger partial charge is 0.495 e. The zero-order valence-corrected chi connectivity index (χ0v) is 21.2. The van der Waals surface area contributed by atoms with Gasteiger partial charge >= 0.3 is 0 Å². The highest BCUT2D eigenvalue weighted by atomic mass is 19.1. The number of nitrogens with one attached hydrogen (secondary N) is 1. The van der Waals surface area contributed by atoms with Crippen LogP contribution in [-0.4, -0.2) is 92.0 Å². The summed E-state index contributed by atoms with van der Waals surface area (Å²) in [5.41, 5.74) is 1.63. The standard InChI is InChI=1S/C27H37FN6O/c1-32(2)12-5-4-6-19-16-24-23(17-25(19)35-3)26(31-27(30-24)34-13-9-20(28)18-34)29-21-10-14-33(15-11-21)22-7-8-22/h16-17,20-22H,5,7-15,18H2,1-3H3,(H,29,30,31)/t20-/m1/s1. The number of fused-ring (bicyclic) bond motifs is 1.